The van der Waals surface area contributed by atoms with Gasteiger partial charge in [0.2, 0.25) is 5.91 Å². The van der Waals surface area contributed by atoms with Gasteiger partial charge in [-0.1, -0.05) is 6.07 Å². The molecular formula is C16H17N3O2. The fraction of sp³-hybridized carbons (Fsp3) is 0.188. The zero-order chi connectivity index (χ0) is 14.8. The van der Waals surface area contributed by atoms with E-state index in [1.807, 2.05) is 43.3 Å². The van der Waals surface area contributed by atoms with E-state index in [0.29, 0.717) is 18.7 Å². The third kappa shape index (κ3) is 2.76. The number of nitrogens with two attached hydrogens (primary N) is 1. The molecule has 5 heteroatoms. The predicted molar refractivity (Wildman–Crippen MR) is 84.1 cm³/mol. The molecule has 1 amide bonds. The highest BCUT2D eigenvalue weighted by Crippen LogP contribution is 2.33. The normalized spacial score (nSPS) is 12.7. The van der Waals surface area contributed by atoms with E-state index in [2.05, 4.69) is 10.6 Å². The summed E-state index contributed by atoms with van der Waals surface area (Å²) in [6.07, 6.45) is 0.389. The first-order valence-corrected chi connectivity index (χ1v) is 6.88. The summed E-state index contributed by atoms with van der Waals surface area (Å²) < 4.78 is 5.47. The van der Waals surface area contributed by atoms with E-state index in [1.165, 1.54) is 0 Å². The van der Waals surface area contributed by atoms with Crippen LogP contribution in [0.25, 0.3) is 0 Å². The van der Waals surface area contributed by atoms with Crippen molar-refractivity contribution in [2.45, 2.75) is 13.3 Å². The molecular weight excluding hydrogens is 266 g/mol. The maximum Gasteiger partial charge on any atom is 0.228 e. The standard InChI is InChI=1S/C16H17N3O2/c1-2-21-12-5-3-4-11(8-12)18-15-9-14-10(6-13(15)17)7-16(20)19-14/h3-6,8-9,18H,2,7,17H2,1H3,(H,19,20). The second-order valence-electron chi connectivity index (χ2n) is 4.91. The van der Waals surface area contributed by atoms with Crippen LogP contribution in [0.5, 0.6) is 5.75 Å². The van der Waals surface area contributed by atoms with Crippen molar-refractivity contribution in [1.82, 2.24) is 0 Å². The van der Waals surface area contributed by atoms with Crippen LogP contribution < -0.4 is 21.1 Å². The van der Waals surface area contributed by atoms with Crippen molar-refractivity contribution in [3.05, 3.63) is 42.0 Å². The van der Waals surface area contributed by atoms with Crippen molar-refractivity contribution in [3.8, 4) is 5.75 Å². The number of nitrogens with one attached hydrogen (secondary N) is 2. The van der Waals surface area contributed by atoms with E-state index in [0.717, 1.165) is 28.4 Å². The summed E-state index contributed by atoms with van der Waals surface area (Å²) in [4.78, 5) is 11.4. The van der Waals surface area contributed by atoms with E-state index in [4.69, 9.17) is 10.5 Å². The molecule has 1 aliphatic rings. The molecule has 0 saturated carbocycles. The number of fused-ring (bicyclic) bond motifs is 1. The van der Waals surface area contributed by atoms with Crippen LogP contribution in [0.3, 0.4) is 0 Å². The van der Waals surface area contributed by atoms with Gasteiger partial charge in [-0.15, -0.1) is 0 Å². The lowest BCUT2D eigenvalue weighted by molar-refractivity contribution is -0.115. The number of ether oxygens (including phenoxy) is 1. The first-order valence-electron chi connectivity index (χ1n) is 6.88. The van der Waals surface area contributed by atoms with Crippen LogP contribution in [0, 0.1) is 0 Å². The van der Waals surface area contributed by atoms with Crippen LogP contribution in [-0.2, 0) is 11.2 Å². The Morgan fingerprint density at radius 3 is 3.00 bits per heavy atom. The minimum Gasteiger partial charge on any atom is -0.494 e. The van der Waals surface area contributed by atoms with E-state index in [-0.39, 0.29) is 5.91 Å². The number of amides is 1. The third-order valence-electron chi connectivity index (χ3n) is 3.32. The van der Waals surface area contributed by atoms with Crippen LogP contribution in [0.15, 0.2) is 36.4 Å². The van der Waals surface area contributed by atoms with Gasteiger partial charge in [-0.05, 0) is 36.8 Å². The molecule has 0 fully saturated rings. The molecule has 0 atom stereocenters. The zero-order valence-electron chi connectivity index (χ0n) is 11.8. The first-order chi connectivity index (χ1) is 10.2. The van der Waals surface area contributed by atoms with Gasteiger partial charge in [0.25, 0.3) is 0 Å². The number of hydrogen-bond donors (Lipinski definition) is 3. The minimum absolute atomic E-state index is 0.0000989. The van der Waals surface area contributed by atoms with Gasteiger partial charge >= 0.3 is 0 Å². The lowest BCUT2D eigenvalue weighted by Gasteiger charge is -2.12. The van der Waals surface area contributed by atoms with Crippen LogP contribution in [0.4, 0.5) is 22.7 Å². The van der Waals surface area contributed by atoms with Gasteiger partial charge < -0.3 is 21.1 Å². The van der Waals surface area contributed by atoms with Gasteiger partial charge in [0.05, 0.1) is 24.4 Å². The Labute approximate surface area is 123 Å². The van der Waals surface area contributed by atoms with Gasteiger partial charge in [-0.2, -0.15) is 0 Å². The Bertz CT molecular complexity index is 698. The van der Waals surface area contributed by atoms with Crippen LogP contribution >= 0.6 is 0 Å². The molecule has 2 aromatic carbocycles. The molecule has 0 aliphatic carbocycles. The Kier molecular flexibility index (Phi) is 3.39. The van der Waals surface area contributed by atoms with Crippen molar-refractivity contribution >= 4 is 28.7 Å². The summed E-state index contributed by atoms with van der Waals surface area (Å²) in [5, 5.41) is 6.08. The number of benzene rings is 2. The molecule has 0 bridgehead atoms. The minimum atomic E-state index is -0.0000989. The molecule has 3 rings (SSSR count). The predicted octanol–water partition coefficient (Wildman–Crippen LogP) is 2.91. The van der Waals surface area contributed by atoms with E-state index in [9.17, 15) is 4.79 Å². The molecule has 0 radical (unpaired) electrons. The van der Waals surface area contributed by atoms with E-state index in [1.54, 1.807) is 0 Å². The number of hydrogen-bond acceptors (Lipinski definition) is 4. The SMILES string of the molecule is CCOc1cccc(Nc2cc3c(cc2N)CC(=O)N3)c1. The topological polar surface area (TPSA) is 76.4 Å². The molecule has 1 aliphatic heterocycles. The van der Waals surface area contributed by atoms with Crippen molar-refractivity contribution in [2.75, 3.05) is 23.0 Å². The molecule has 0 spiro atoms. The second kappa shape index (κ2) is 5.36. The summed E-state index contributed by atoms with van der Waals surface area (Å²) >= 11 is 0. The maximum atomic E-state index is 11.4. The molecule has 21 heavy (non-hydrogen) atoms. The Morgan fingerprint density at radius 1 is 1.33 bits per heavy atom. The Balaban J connectivity index is 1.87. The third-order valence-corrected chi connectivity index (χ3v) is 3.32. The number of rotatable bonds is 4. The smallest absolute Gasteiger partial charge is 0.228 e. The maximum absolute atomic E-state index is 11.4. The van der Waals surface area contributed by atoms with Crippen molar-refractivity contribution < 1.29 is 9.53 Å². The van der Waals surface area contributed by atoms with E-state index < -0.39 is 0 Å². The fourth-order valence-corrected chi connectivity index (χ4v) is 2.39. The number of nitrogen functional groups attached to an aromatic ring is 1. The first kappa shape index (κ1) is 13.3. The van der Waals surface area contributed by atoms with Gasteiger partial charge in [-0.3, -0.25) is 4.79 Å². The van der Waals surface area contributed by atoms with Crippen molar-refractivity contribution in [1.29, 1.82) is 0 Å². The molecule has 5 nitrogen and oxygen atoms in total. The Hall–Kier alpha value is -2.69. The average molecular weight is 283 g/mol. The Morgan fingerprint density at radius 2 is 2.19 bits per heavy atom. The summed E-state index contributed by atoms with van der Waals surface area (Å²) in [5.74, 6) is 0.801. The van der Waals surface area contributed by atoms with Gasteiger partial charge in [0.1, 0.15) is 5.75 Å². The molecule has 2 aromatic rings. The highest BCUT2D eigenvalue weighted by Gasteiger charge is 2.19. The zero-order valence-corrected chi connectivity index (χ0v) is 11.8. The van der Waals surface area contributed by atoms with Gasteiger partial charge in [-0.25, -0.2) is 0 Å². The fourth-order valence-electron chi connectivity index (χ4n) is 2.39. The van der Waals surface area contributed by atoms with Crippen molar-refractivity contribution in [3.63, 3.8) is 0 Å². The molecule has 4 N–H and O–H groups in total. The van der Waals surface area contributed by atoms with Crippen LogP contribution in [-0.4, -0.2) is 12.5 Å². The van der Waals surface area contributed by atoms with Crippen LogP contribution in [0.2, 0.25) is 0 Å². The van der Waals surface area contributed by atoms with Gasteiger partial charge in [0.15, 0.2) is 0 Å². The lowest BCUT2D eigenvalue weighted by Crippen LogP contribution is -2.03. The molecule has 1 heterocycles. The largest absolute Gasteiger partial charge is 0.494 e. The summed E-state index contributed by atoms with van der Waals surface area (Å²) in [5.41, 5.74) is 10.1. The molecule has 0 aromatic heterocycles. The van der Waals surface area contributed by atoms with Crippen molar-refractivity contribution in [2.24, 2.45) is 0 Å². The highest BCUT2D eigenvalue weighted by atomic mass is 16.5. The van der Waals surface area contributed by atoms with Crippen LogP contribution in [0.1, 0.15) is 12.5 Å². The number of carbonyl (C=O) groups is 1. The average Bonchev–Trinajstić information content (AvgIpc) is 2.79. The number of anilines is 4. The highest BCUT2D eigenvalue weighted by molar-refractivity contribution is 6.01. The van der Waals surface area contributed by atoms with Gasteiger partial charge in [0, 0.05) is 17.4 Å². The monoisotopic (exact) mass is 283 g/mol. The van der Waals surface area contributed by atoms with E-state index >= 15 is 0 Å². The molecule has 108 valence electrons. The lowest BCUT2D eigenvalue weighted by atomic mass is 10.1. The molecule has 0 saturated heterocycles. The second-order valence-corrected chi connectivity index (χ2v) is 4.91. The summed E-state index contributed by atoms with van der Waals surface area (Å²) in [7, 11) is 0. The quantitative estimate of drug-likeness (QED) is 0.754. The summed E-state index contributed by atoms with van der Waals surface area (Å²) in [6.45, 7) is 2.57. The summed E-state index contributed by atoms with van der Waals surface area (Å²) in [6, 6.07) is 11.4. The number of carbonyl (C=O) groups excluding carboxylic acids is 1. The molecule has 0 unspecified atom stereocenters.